The summed E-state index contributed by atoms with van der Waals surface area (Å²) >= 11 is 1.53. The Bertz CT molecular complexity index is 686. The van der Waals surface area contributed by atoms with Gasteiger partial charge in [0, 0.05) is 5.75 Å². The molecule has 3 nitrogen and oxygen atoms in total. The number of hydrogen-bond donors (Lipinski definition) is 1. The van der Waals surface area contributed by atoms with Crippen molar-refractivity contribution in [1.82, 2.24) is 5.32 Å². The molecule has 0 saturated heterocycles. The number of amides is 1. The molecule has 2 aromatic carbocycles. The van der Waals surface area contributed by atoms with Crippen LogP contribution in [0.4, 0.5) is 4.39 Å². The van der Waals surface area contributed by atoms with Crippen molar-refractivity contribution in [3.05, 3.63) is 65.5 Å². The number of benzene rings is 2. The first-order valence-electron chi connectivity index (χ1n) is 8.73. The molecular weight excluding hydrogens is 349 g/mol. The summed E-state index contributed by atoms with van der Waals surface area (Å²) in [6.45, 7) is 4.29. The Labute approximate surface area is 159 Å². The Morgan fingerprint density at radius 1 is 1.12 bits per heavy atom. The zero-order valence-electron chi connectivity index (χ0n) is 15.5. The van der Waals surface area contributed by atoms with E-state index in [0.29, 0.717) is 17.4 Å². The monoisotopic (exact) mass is 375 g/mol. The molecule has 1 amide bonds. The summed E-state index contributed by atoms with van der Waals surface area (Å²) in [5.74, 6) is 2.10. The quantitative estimate of drug-likeness (QED) is 0.672. The molecule has 1 N–H and O–H groups in total. The van der Waals surface area contributed by atoms with E-state index in [-0.39, 0.29) is 17.8 Å². The van der Waals surface area contributed by atoms with Crippen LogP contribution in [-0.4, -0.2) is 18.8 Å². The van der Waals surface area contributed by atoms with Crippen molar-refractivity contribution in [3.63, 3.8) is 0 Å². The molecule has 5 heteroatoms. The maximum atomic E-state index is 12.9. The molecule has 0 saturated carbocycles. The molecule has 26 heavy (non-hydrogen) atoms. The van der Waals surface area contributed by atoms with E-state index in [1.807, 2.05) is 24.3 Å². The number of ether oxygens (including phenoxy) is 1. The maximum Gasteiger partial charge on any atom is 0.230 e. The molecule has 0 fully saturated rings. The number of carbonyl (C=O) groups is 1. The Hall–Kier alpha value is -2.01. The average molecular weight is 376 g/mol. The fraction of sp³-hybridized carbons (Fsp3) is 0.381. The molecule has 140 valence electrons. The lowest BCUT2D eigenvalue weighted by atomic mass is 9.97. The van der Waals surface area contributed by atoms with E-state index in [0.717, 1.165) is 23.3 Å². The Morgan fingerprint density at radius 3 is 2.35 bits per heavy atom. The summed E-state index contributed by atoms with van der Waals surface area (Å²) in [6.07, 6.45) is 0.876. The zero-order chi connectivity index (χ0) is 18.9. The van der Waals surface area contributed by atoms with Crippen molar-refractivity contribution >= 4 is 17.7 Å². The number of rotatable bonds is 9. The number of thioether (sulfide) groups is 1. The molecule has 0 aliphatic heterocycles. The number of nitrogens with one attached hydrogen (secondary N) is 1. The average Bonchev–Trinajstić information content (AvgIpc) is 2.62. The molecule has 2 aromatic rings. The van der Waals surface area contributed by atoms with E-state index in [2.05, 4.69) is 19.2 Å². The van der Waals surface area contributed by atoms with Crippen LogP contribution in [0.1, 0.15) is 37.4 Å². The van der Waals surface area contributed by atoms with Gasteiger partial charge in [-0.05, 0) is 47.7 Å². The maximum absolute atomic E-state index is 12.9. The first-order chi connectivity index (χ1) is 12.5. The molecular formula is C21H26FNO2S. The van der Waals surface area contributed by atoms with Crippen LogP contribution in [0.3, 0.4) is 0 Å². The van der Waals surface area contributed by atoms with Gasteiger partial charge in [-0.25, -0.2) is 4.39 Å². The third-order valence-corrected chi connectivity index (χ3v) is 4.98. The Kier molecular flexibility index (Phi) is 7.98. The third kappa shape index (κ3) is 6.71. The van der Waals surface area contributed by atoms with Gasteiger partial charge in [0.15, 0.2) is 0 Å². The molecule has 0 bridgehead atoms. The van der Waals surface area contributed by atoms with Gasteiger partial charge in [-0.3, -0.25) is 4.79 Å². The summed E-state index contributed by atoms with van der Waals surface area (Å²) in [7, 11) is 1.64. The fourth-order valence-corrected chi connectivity index (χ4v) is 3.46. The summed E-state index contributed by atoms with van der Waals surface area (Å²) < 4.78 is 18.1. The molecule has 0 heterocycles. The van der Waals surface area contributed by atoms with Gasteiger partial charge in [0.05, 0.1) is 18.9 Å². The summed E-state index contributed by atoms with van der Waals surface area (Å²) in [5, 5.41) is 3.14. The molecule has 0 spiro atoms. The smallest absolute Gasteiger partial charge is 0.230 e. The van der Waals surface area contributed by atoms with E-state index in [4.69, 9.17) is 4.74 Å². The normalized spacial score (nSPS) is 12.0. The van der Waals surface area contributed by atoms with Gasteiger partial charge in [-0.15, -0.1) is 11.8 Å². The zero-order valence-corrected chi connectivity index (χ0v) is 16.3. The van der Waals surface area contributed by atoms with Crippen molar-refractivity contribution in [2.24, 2.45) is 5.92 Å². The summed E-state index contributed by atoms with van der Waals surface area (Å²) in [6, 6.07) is 14.2. The first kappa shape index (κ1) is 20.3. The van der Waals surface area contributed by atoms with Gasteiger partial charge in [0.1, 0.15) is 11.6 Å². The van der Waals surface area contributed by atoms with E-state index < -0.39 is 0 Å². The molecule has 0 aromatic heterocycles. The van der Waals surface area contributed by atoms with Gasteiger partial charge in [-0.2, -0.15) is 0 Å². The van der Waals surface area contributed by atoms with Gasteiger partial charge >= 0.3 is 0 Å². The standard InChI is InChI=1S/C21H26FNO2S/c1-15(2)12-20(17-6-10-19(25-3)11-7-17)23-21(24)14-26-13-16-4-8-18(22)9-5-16/h4-11,15,20H,12-14H2,1-3H3,(H,23,24)/t20-/m1/s1. The van der Waals surface area contributed by atoms with Crippen molar-refractivity contribution in [2.75, 3.05) is 12.9 Å². The highest BCUT2D eigenvalue weighted by atomic mass is 32.2. The lowest BCUT2D eigenvalue weighted by Gasteiger charge is -2.21. The van der Waals surface area contributed by atoms with E-state index in [1.54, 1.807) is 19.2 Å². The first-order valence-corrected chi connectivity index (χ1v) is 9.89. The van der Waals surface area contributed by atoms with Crippen LogP contribution in [0, 0.1) is 11.7 Å². The minimum Gasteiger partial charge on any atom is -0.497 e. The fourth-order valence-electron chi connectivity index (χ4n) is 2.66. The molecule has 0 unspecified atom stereocenters. The lowest BCUT2D eigenvalue weighted by molar-refractivity contribution is -0.119. The Morgan fingerprint density at radius 2 is 1.77 bits per heavy atom. The molecule has 2 rings (SSSR count). The second kappa shape index (κ2) is 10.2. The molecule has 0 aliphatic rings. The van der Waals surface area contributed by atoms with Gasteiger partial charge in [-0.1, -0.05) is 38.1 Å². The van der Waals surface area contributed by atoms with Gasteiger partial charge < -0.3 is 10.1 Å². The van der Waals surface area contributed by atoms with Gasteiger partial charge in [0.25, 0.3) is 0 Å². The highest BCUT2D eigenvalue weighted by Crippen LogP contribution is 2.24. The SMILES string of the molecule is COc1ccc([C@@H](CC(C)C)NC(=O)CSCc2ccc(F)cc2)cc1. The minimum atomic E-state index is -0.243. The predicted octanol–water partition coefficient (Wildman–Crippen LogP) is 4.97. The summed E-state index contributed by atoms with van der Waals surface area (Å²) in [5.41, 5.74) is 2.09. The van der Waals surface area contributed by atoms with Crippen LogP contribution >= 0.6 is 11.8 Å². The van der Waals surface area contributed by atoms with Crippen LogP contribution in [0.2, 0.25) is 0 Å². The summed E-state index contributed by atoms with van der Waals surface area (Å²) in [4.78, 5) is 12.4. The van der Waals surface area contributed by atoms with Crippen molar-refractivity contribution < 1.29 is 13.9 Å². The predicted molar refractivity (Wildman–Crippen MR) is 106 cm³/mol. The third-order valence-electron chi connectivity index (χ3n) is 3.98. The topological polar surface area (TPSA) is 38.3 Å². The number of methoxy groups -OCH3 is 1. The van der Waals surface area contributed by atoms with E-state index >= 15 is 0 Å². The van der Waals surface area contributed by atoms with Crippen LogP contribution in [-0.2, 0) is 10.5 Å². The van der Waals surface area contributed by atoms with Crippen LogP contribution in [0.5, 0.6) is 5.75 Å². The van der Waals surface area contributed by atoms with E-state index in [9.17, 15) is 9.18 Å². The second-order valence-electron chi connectivity index (χ2n) is 6.64. The largest absolute Gasteiger partial charge is 0.497 e. The van der Waals surface area contributed by atoms with Crippen molar-refractivity contribution in [1.29, 1.82) is 0 Å². The Balaban J connectivity index is 1.89. The van der Waals surface area contributed by atoms with Crippen LogP contribution in [0.15, 0.2) is 48.5 Å². The highest BCUT2D eigenvalue weighted by molar-refractivity contribution is 7.99. The van der Waals surface area contributed by atoms with Crippen molar-refractivity contribution in [3.8, 4) is 5.75 Å². The van der Waals surface area contributed by atoms with E-state index in [1.165, 1.54) is 23.9 Å². The molecule has 0 aliphatic carbocycles. The number of carbonyl (C=O) groups excluding carboxylic acids is 1. The molecule has 0 radical (unpaired) electrons. The lowest BCUT2D eigenvalue weighted by Crippen LogP contribution is -2.30. The van der Waals surface area contributed by atoms with Crippen LogP contribution in [0.25, 0.3) is 0 Å². The van der Waals surface area contributed by atoms with Gasteiger partial charge in [0.2, 0.25) is 5.91 Å². The van der Waals surface area contributed by atoms with Crippen LogP contribution < -0.4 is 10.1 Å². The minimum absolute atomic E-state index is 0.0126. The number of halogens is 1. The molecule has 1 atom stereocenters. The number of hydrogen-bond acceptors (Lipinski definition) is 3. The van der Waals surface area contributed by atoms with Crippen molar-refractivity contribution in [2.45, 2.75) is 32.1 Å². The second-order valence-corrected chi connectivity index (χ2v) is 7.63. The highest BCUT2D eigenvalue weighted by Gasteiger charge is 2.16.